The number of piperidine rings is 1. The Morgan fingerprint density at radius 2 is 2.06 bits per heavy atom. The lowest BCUT2D eigenvalue weighted by Gasteiger charge is -2.35. The molecule has 0 saturated carbocycles. The molecule has 94 valence electrons. The van der Waals surface area contributed by atoms with E-state index in [0.717, 1.165) is 47.5 Å². The van der Waals surface area contributed by atoms with Crippen LogP contribution in [0.2, 0.25) is 5.02 Å². The van der Waals surface area contributed by atoms with Crippen molar-refractivity contribution in [1.29, 1.82) is 0 Å². The number of hydrogen-bond acceptors (Lipinski definition) is 2. The number of likely N-dealkylation sites (tertiary alicyclic amines) is 1. The van der Waals surface area contributed by atoms with Crippen molar-refractivity contribution in [2.75, 3.05) is 13.1 Å². The summed E-state index contributed by atoms with van der Waals surface area (Å²) in [6, 6.07) is 6.00. The summed E-state index contributed by atoms with van der Waals surface area (Å²) >= 11 is 9.60. The van der Waals surface area contributed by atoms with E-state index in [0.29, 0.717) is 0 Å². The van der Waals surface area contributed by atoms with Crippen LogP contribution in [-0.2, 0) is 6.54 Å². The van der Waals surface area contributed by atoms with Crippen LogP contribution < -0.4 is 0 Å². The maximum atomic E-state index is 9.89. The van der Waals surface area contributed by atoms with Crippen LogP contribution in [0.4, 0.5) is 0 Å². The van der Waals surface area contributed by atoms with Crippen molar-refractivity contribution in [2.24, 2.45) is 0 Å². The molecule has 0 amide bonds. The first-order chi connectivity index (χ1) is 7.96. The van der Waals surface area contributed by atoms with E-state index < -0.39 is 5.60 Å². The van der Waals surface area contributed by atoms with Gasteiger partial charge in [-0.2, -0.15) is 0 Å². The van der Waals surface area contributed by atoms with Crippen LogP contribution in [0, 0.1) is 0 Å². The maximum absolute atomic E-state index is 9.89. The van der Waals surface area contributed by atoms with Crippen LogP contribution in [0.1, 0.15) is 25.3 Å². The molecular weight excluding hydrogens is 302 g/mol. The van der Waals surface area contributed by atoms with Gasteiger partial charge in [0.15, 0.2) is 0 Å². The molecule has 1 aliphatic rings. The highest BCUT2D eigenvalue weighted by Crippen LogP contribution is 2.26. The van der Waals surface area contributed by atoms with Crippen molar-refractivity contribution < 1.29 is 5.11 Å². The molecule has 0 radical (unpaired) electrons. The molecule has 0 spiro atoms. The van der Waals surface area contributed by atoms with Gasteiger partial charge in [-0.15, -0.1) is 0 Å². The summed E-state index contributed by atoms with van der Waals surface area (Å²) in [6.45, 7) is 4.64. The quantitative estimate of drug-likeness (QED) is 0.903. The lowest BCUT2D eigenvalue weighted by atomic mass is 9.93. The zero-order chi connectivity index (χ0) is 12.5. The van der Waals surface area contributed by atoms with Gasteiger partial charge in [0, 0.05) is 29.1 Å². The smallest absolute Gasteiger partial charge is 0.0644 e. The second-order valence-electron chi connectivity index (χ2n) is 5.01. The standard InChI is InChI=1S/C13H17BrClNO/c1-13(17)4-6-16(7-5-13)9-10-2-3-11(14)8-12(10)15/h2-3,8,17H,4-7,9H2,1H3. The normalized spacial score (nSPS) is 20.5. The number of aliphatic hydroxyl groups is 1. The molecule has 0 atom stereocenters. The number of hydrogen-bond donors (Lipinski definition) is 1. The second kappa shape index (κ2) is 5.27. The first-order valence-electron chi connectivity index (χ1n) is 5.85. The molecule has 2 nitrogen and oxygen atoms in total. The van der Waals surface area contributed by atoms with E-state index in [1.807, 2.05) is 19.1 Å². The summed E-state index contributed by atoms with van der Waals surface area (Å²) in [5, 5.41) is 10.7. The van der Waals surface area contributed by atoms with Crippen molar-refractivity contribution in [3.8, 4) is 0 Å². The molecule has 1 N–H and O–H groups in total. The number of nitrogens with zero attached hydrogens (tertiary/aromatic N) is 1. The van der Waals surface area contributed by atoms with Gasteiger partial charge in [-0.3, -0.25) is 4.90 Å². The van der Waals surface area contributed by atoms with E-state index in [-0.39, 0.29) is 0 Å². The predicted octanol–water partition coefficient (Wildman–Crippen LogP) is 3.45. The van der Waals surface area contributed by atoms with Gasteiger partial charge in [0.2, 0.25) is 0 Å². The van der Waals surface area contributed by atoms with Gasteiger partial charge in [-0.25, -0.2) is 0 Å². The van der Waals surface area contributed by atoms with Gasteiger partial charge in [0.05, 0.1) is 5.60 Å². The average Bonchev–Trinajstić information content (AvgIpc) is 2.25. The Morgan fingerprint density at radius 3 is 2.65 bits per heavy atom. The van der Waals surface area contributed by atoms with Gasteiger partial charge in [-0.05, 0) is 37.5 Å². The molecule has 0 aromatic heterocycles. The van der Waals surface area contributed by atoms with Crippen molar-refractivity contribution in [3.63, 3.8) is 0 Å². The highest BCUT2D eigenvalue weighted by atomic mass is 79.9. The third-order valence-electron chi connectivity index (χ3n) is 3.34. The first kappa shape index (κ1) is 13.3. The van der Waals surface area contributed by atoms with Crippen LogP contribution in [0.15, 0.2) is 22.7 Å². The minimum absolute atomic E-state index is 0.486. The van der Waals surface area contributed by atoms with Gasteiger partial charge >= 0.3 is 0 Å². The number of halogens is 2. The van der Waals surface area contributed by atoms with Crippen LogP contribution in [-0.4, -0.2) is 28.7 Å². The van der Waals surface area contributed by atoms with Crippen LogP contribution in [0.5, 0.6) is 0 Å². The van der Waals surface area contributed by atoms with Gasteiger partial charge in [0.1, 0.15) is 0 Å². The average molecular weight is 319 g/mol. The molecule has 1 heterocycles. The fraction of sp³-hybridized carbons (Fsp3) is 0.538. The van der Waals surface area contributed by atoms with Gasteiger partial charge < -0.3 is 5.11 Å². The zero-order valence-electron chi connectivity index (χ0n) is 9.92. The number of benzene rings is 1. The van der Waals surface area contributed by atoms with E-state index >= 15 is 0 Å². The highest BCUT2D eigenvalue weighted by molar-refractivity contribution is 9.10. The van der Waals surface area contributed by atoms with Gasteiger partial charge in [-0.1, -0.05) is 33.6 Å². The Hall–Kier alpha value is -0.0900. The molecule has 1 aromatic carbocycles. The molecule has 1 aromatic rings. The summed E-state index contributed by atoms with van der Waals surface area (Å²) in [6.07, 6.45) is 1.67. The van der Waals surface area contributed by atoms with Crippen LogP contribution >= 0.6 is 27.5 Å². The second-order valence-corrected chi connectivity index (χ2v) is 6.33. The largest absolute Gasteiger partial charge is 0.390 e. The summed E-state index contributed by atoms with van der Waals surface area (Å²) in [4.78, 5) is 2.34. The molecule has 17 heavy (non-hydrogen) atoms. The first-order valence-corrected chi connectivity index (χ1v) is 7.02. The van der Waals surface area contributed by atoms with E-state index in [2.05, 4.69) is 26.9 Å². The van der Waals surface area contributed by atoms with Crippen LogP contribution in [0.3, 0.4) is 0 Å². The molecule has 2 rings (SSSR count). The SMILES string of the molecule is CC1(O)CCN(Cc2ccc(Br)cc2Cl)CC1. The van der Waals surface area contributed by atoms with Crippen molar-refractivity contribution >= 4 is 27.5 Å². The van der Waals surface area contributed by atoms with Crippen LogP contribution in [0.25, 0.3) is 0 Å². The summed E-state index contributed by atoms with van der Waals surface area (Å²) < 4.78 is 1.01. The molecular formula is C13H17BrClNO. The van der Waals surface area contributed by atoms with E-state index in [1.54, 1.807) is 0 Å². The topological polar surface area (TPSA) is 23.5 Å². The Bertz CT molecular complexity index is 398. The Balaban J connectivity index is 1.98. The summed E-state index contributed by atoms with van der Waals surface area (Å²) in [5.74, 6) is 0. The van der Waals surface area contributed by atoms with Crippen molar-refractivity contribution in [1.82, 2.24) is 4.90 Å². The minimum atomic E-state index is -0.486. The molecule has 0 aliphatic carbocycles. The molecule has 0 bridgehead atoms. The highest BCUT2D eigenvalue weighted by Gasteiger charge is 2.27. The summed E-state index contributed by atoms with van der Waals surface area (Å²) in [5.41, 5.74) is 0.663. The van der Waals surface area contributed by atoms with Gasteiger partial charge in [0.25, 0.3) is 0 Å². The third-order valence-corrected chi connectivity index (χ3v) is 4.19. The van der Waals surface area contributed by atoms with E-state index in [4.69, 9.17) is 11.6 Å². The molecule has 1 saturated heterocycles. The third kappa shape index (κ3) is 3.68. The zero-order valence-corrected chi connectivity index (χ0v) is 12.3. The lowest BCUT2D eigenvalue weighted by molar-refractivity contribution is -0.00729. The fourth-order valence-corrected chi connectivity index (χ4v) is 2.82. The van der Waals surface area contributed by atoms with E-state index in [1.165, 1.54) is 0 Å². The molecule has 4 heteroatoms. The molecule has 0 unspecified atom stereocenters. The lowest BCUT2D eigenvalue weighted by Crippen LogP contribution is -2.41. The maximum Gasteiger partial charge on any atom is 0.0644 e. The van der Waals surface area contributed by atoms with Crippen molar-refractivity contribution in [3.05, 3.63) is 33.3 Å². The predicted molar refractivity (Wildman–Crippen MR) is 74.3 cm³/mol. The Labute approximate surface area is 116 Å². The molecule has 1 fully saturated rings. The Morgan fingerprint density at radius 1 is 1.41 bits per heavy atom. The minimum Gasteiger partial charge on any atom is -0.390 e. The van der Waals surface area contributed by atoms with E-state index in [9.17, 15) is 5.11 Å². The molecule has 1 aliphatic heterocycles. The van der Waals surface area contributed by atoms with Crippen molar-refractivity contribution in [2.45, 2.75) is 31.9 Å². The summed E-state index contributed by atoms with van der Waals surface area (Å²) in [7, 11) is 0. The Kier molecular flexibility index (Phi) is 4.14. The number of rotatable bonds is 2. The monoisotopic (exact) mass is 317 g/mol. The fourth-order valence-electron chi connectivity index (χ4n) is 2.08.